The van der Waals surface area contributed by atoms with Crippen molar-refractivity contribution in [2.75, 3.05) is 19.0 Å². The van der Waals surface area contributed by atoms with Gasteiger partial charge in [-0.3, -0.25) is 9.00 Å². The van der Waals surface area contributed by atoms with E-state index in [1.807, 2.05) is 0 Å². The van der Waals surface area contributed by atoms with Crippen molar-refractivity contribution < 1.29 is 23.6 Å². The van der Waals surface area contributed by atoms with Crippen LogP contribution in [0, 0.1) is 0 Å². The van der Waals surface area contributed by atoms with E-state index < -0.39 is 16.8 Å². The second-order valence-corrected chi connectivity index (χ2v) is 5.07. The lowest BCUT2D eigenvalue weighted by atomic mass is 10.3. The van der Waals surface area contributed by atoms with Gasteiger partial charge in [0.25, 0.3) is 0 Å². The van der Waals surface area contributed by atoms with Crippen molar-refractivity contribution in [2.45, 2.75) is 11.3 Å². The van der Waals surface area contributed by atoms with Crippen LogP contribution in [0.2, 0.25) is 0 Å². The Morgan fingerprint density at radius 1 is 1.29 bits per heavy atom. The Hall–Kier alpha value is -1.56. The maximum Gasteiger partial charge on any atom is 0.304 e. The molecule has 1 aromatic rings. The summed E-state index contributed by atoms with van der Waals surface area (Å²) in [6.07, 6.45) is -0.110. The molecule has 0 bridgehead atoms. The number of hydrogen-bond donors (Lipinski definition) is 1. The molecule has 0 aliphatic carbocycles. The van der Waals surface area contributed by atoms with Crippen molar-refractivity contribution in [1.29, 1.82) is 0 Å². The summed E-state index contributed by atoms with van der Waals surface area (Å²) in [6, 6.07) is 5.01. The smallest absolute Gasteiger partial charge is 0.304 e. The van der Waals surface area contributed by atoms with Gasteiger partial charge in [-0.25, -0.2) is 0 Å². The summed E-state index contributed by atoms with van der Waals surface area (Å²) in [4.78, 5) is 11.0. The molecule has 0 unspecified atom stereocenters. The van der Waals surface area contributed by atoms with Crippen LogP contribution in [0.1, 0.15) is 6.42 Å². The van der Waals surface area contributed by atoms with Gasteiger partial charge in [0.2, 0.25) is 0 Å². The van der Waals surface area contributed by atoms with E-state index in [2.05, 4.69) is 0 Å². The first-order valence-electron chi connectivity index (χ1n) is 5.16. The molecule has 0 amide bonds. The summed E-state index contributed by atoms with van der Waals surface area (Å²) in [6.45, 7) is 0.979. The summed E-state index contributed by atoms with van der Waals surface area (Å²) in [5, 5.41) is 8.52. The van der Waals surface area contributed by atoms with Crippen molar-refractivity contribution >= 4 is 16.8 Å². The van der Waals surface area contributed by atoms with E-state index >= 15 is 0 Å². The van der Waals surface area contributed by atoms with Gasteiger partial charge in [-0.2, -0.15) is 0 Å². The molecule has 17 heavy (non-hydrogen) atoms. The van der Waals surface area contributed by atoms with Crippen LogP contribution < -0.4 is 9.47 Å². The highest BCUT2D eigenvalue weighted by Gasteiger charge is 2.14. The topological polar surface area (TPSA) is 72.8 Å². The van der Waals surface area contributed by atoms with Gasteiger partial charge in [-0.1, -0.05) is 0 Å². The fourth-order valence-electron chi connectivity index (χ4n) is 1.46. The molecule has 1 aliphatic heterocycles. The zero-order valence-electron chi connectivity index (χ0n) is 9.05. The van der Waals surface area contributed by atoms with E-state index in [0.717, 1.165) is 0 Å². The molecule has 1 aliphatic rings. The Balaban J connectivity index is 2.11. The van der Waals surface area contributed by atoms with Gasteiger partial charge in [0, 0.05) is 16.7 Å². The van der Waals surface area contributed by atoms with Crippen molar-refractivity contribution in [1.82, 2.24) is 0 Å². The van der Waals surface area contributed by atoms with Crippen LogP contribution in [0.5, 0.6) is 11.5 Å². The SMILES string of the molecule is O=C(O)CC[S@](=O)c1ccc2c(c1)OCCO2. The summed E-state index contributed by atoms with van der Waals surface area (Å²) in [5.74, 6) is 0.359. The number of carboxylic acids is 1. The third kappa shape index (κ3) is 2.97. The van der Waals surface area contributed by atoms with Gasteiger partial charge in [-0.05, 0) is 12.1 Å². The summed E-state index contributed by atoms with van der Waals surface area (Å²) < 4.78 is 22.5. The minimum Gasteiger partial charge on any atom is -0.486 e. The molecule has 0 saturated heterocycles. The molecule has 92 valence electrons. The minimum atomic E-state index is -1.32. The second-order valence-electron chi connectivity index (χ2n) is 3.50. The first kappa shape index (κ1) is 11.9. The van der Waals surface area contributed by atoms with E-state index in [9.17, 15) is 9.00 Å². The largest absolute Gasteiger partial charge is 0.486 e. The average Bonchev–Trinajstić information content (AvgIpc) is 2.35. The van der Waals surface area contributed by atoms with Crippen LogP contribution >= 0.6 is 0 Å². The van der Waals surface area contributed by atoms with Gasteiger partial charge in [0.05, 0.1) is 17.2 Å². The fraction of sp³-hybridized carbons (Fsp3) is 0.364. The lowest BCUT2D eigenvalue weighted by Gasteiger charge is -2.18. The Labute approximate surface area is 101 Å². The normalized spacial score (nSPS) is 15.3. The Morgan fingerprint density at radius 2 is 2.00 bits per heavy atom. The third-order valence-electron chi connectivity index (χ3n) is 2.28. The zero-order chi connectivity index (χ0) is 12.3. The molecule has 0 fully saturated rings. The maximum atomic E-state index is 11.8. The summed E-state index contributed by atoms with van der Waals surface area (Å²) >= 11 is 0. The minimum absolute atomic E-state index is 0.106. The molecule has 0 saturated carbocycles. The second kappa shape index (κ2) is 5.18. The van der Waals surface area contributed by atoms with Crippen LogP contribution in [0.25, 0.3) is 0 Å². The number of carbonyl (C=O) groups is 1. The van der Waals surface area contributed by atoms with E-state index in [0.29, 0.717) is 29.6 Å². The van der Waals surface area contributed by atoms with Crippen LogP contribution in [0.3, 0.4) is 0 Å². The molecule has 0 spiro atoms. The molecule has 2 rings (SSSR count). The van der Waals surface area contributed by atoms with Gasteiger partial charge >= 0.3 is 5.97 Å². The molecule has 1 aromatic carbocycles. The standard InChI is InChI=1S/C11H12O5S/c12-11(13)3-6-17(14)8-1-2-9-10(7-8)16-5-4-15-9/h1-2,7H,3-6H2,(H,12,13)/t17-/m0/s1. The van der Waals surface area contributed by atoms with Crippen molar-refractivity contribution in [3.8, 4) is 11.5 Å². The molecular weight excluding hydrogens is 244 g/mol. The number of hydrogen-bond acceptors (Lipinski definition) is 4. The zero-order valence-corrected chi connectivity index (χ0v) is 9.87. The Morgan fingerprint density at radius 3 is 2.71 bits per heavy atom. The van der Waals surface area contributed by atoms with Crippen molar-refractivity contribution in [2.24, 2.45) is 0 Å². The Kier molecular flexibility index (Phi) is 3.63. The number of aliphatic carboxylic acids is 1. The first-order chi connectivity index (χ1) is 8.16. The van der Waals surface area contributed by atoms with Gasteiger partial charge in [0.15, 0.2) is 11.5 Å². The molecule has 1 heterocycles. The lowest BCUT2D eigenvalue weighted by molar-refractivity contribution is -0.136. The highest BCUT2D eigenvalue weighted by molar-refractivity contribution is 7.85. The van der Waals surface area contributed by atoms with Crippen LogP contribution in [-0.4, -0.2) is 34.3 Å². The molecule has 1 N–H and O–H groups in total. The van der Waals surface area contributed by atoms with Gasteiger partial charge in [0.1, 0.15) is 13.2 Å². The van der Waals surface area contributed by atoms with E-state index in [-0.39, 0.29) is 12.2 Å². The molecular formula is C11H12O5S. The molecule has 5 nitrogen and oxygen atoms in total. The predicted molar refractivity (Wildman–Crippen MR) is 61.0 cm³/mol. The third-order valence-corrected chi connectivity index (χ3v) is 3.63. The lowest BCUT2D eigenvalue weighted by Crippen LogP contribution is -2.15. The number of ether oxygens (including phenoxy) is 2. The quantitative estimate of drug-likeness (QED) is 0.871. The monoisotopic (exact) mass is 256 g/mol. The van der Waals surface area contributed by atoms with Gasteiger partial charge < -0.3 is 14.6 Å². The molecule has 0 aromatic heterocycles. The number of benzene rings is 1. The van der Waals surface area contributed by atoms with Crippen molar-refractivity contribution in [3.05, 3.63) is 18.2 Å². The number of fused-ring (bicyclic) bond motifs is 1. The van der Waals surface area contributed by atoms with E-state index in [1.165, 1.54) is 0 Å². The first-order valence-corrected chi connectivity index (χ1v) is 6.48. The highest BCUT2D eigenvalue weighted by Crippen LogP contribution is 2.31. The fourth-order valence-corrected chi connectivity index (χ4v) is 2.52. The van der Waals surface area contributed by atoms with Crippen LogP contribution in [-0.2, 0) is 15.6 Å². The number of carboxylic acid groups (broad SMARTS) is 1. The van der Waals surface area contributed by atoms with E-state index in [4.69, 9.17) is 14.6 Å². The van der Waals surface area contributed by atoms with Gasteiger partial charge in [-0.15, -0.1) is 0 Å². The molecule has 1 atom stereocenters. The van der Waals surface area contributed by atoms with Crippen LogP contribution in [0.15, 0.2) is 23.1 Å². The summed E-state index contributed by atoms with van der Waals surface area (Å²) in [5.41, 5.74) is 0. The molecule has 0 radical (unpaired) electrons. The van der Waals surface area contributed by atoms with Crippen LogP contribution in [0.4, 0.5) is 0 Å². The molecule has 6 heteroatoms. The number of rotatable bonds is 4. The maximum absolute atomic E-state index is 11.8. The average molecular weight is 256 g/mol. The Bertz CT molecular complexity index is 457. The predicted octanol–water partition coefficient (Wildman–Crippen LogP) is 1.04. The summed E-state index contributed by atoms with van der Waals surface area (Å²) in [7, 11) is -1.32. The van der Waals surface area contributed by atoms with Crippen molar-refractivity contribution in [3.63, 3.8) is 0 Å². The highest BCUT2D eigenvalue weighted by atomic mass is 32.2. The van der Waals surface area contributed by atoms with E-state index in [1.54, 1.807) is 18.2 Å².